The van der Waals surface area contributed by atoms with Crippen molar-refractivity contribution >= 4 is 33.2 Å². The molecule has 2 aromatic carbocycles. The summed E-state index contributed by atoms with van der Waals surface area (Å²) in [6.07, 6.45) is 0.767. The van der Waals surface area contributed by atoms with Crippen LogP contribution in [0.4, 0.5) is 4.39 Å². The van der Waals surface area contributed by atoms with Crippen molar-refractivity contribution in [1.82, 2.24) is 4.90 Å². The predicted octanol–water partition coefficient (Wildman–Crippen LogP) is 3.53. The number of thiophene rings is 1. The molecule has 1 aliphatic heterocycles. The summed E-state index contributed by atoms with van der Waals surface area (Å²) in [5.74, 6) is -0.402. The number of nitrogens with zero attached hydrogens (tertiary/aromatic N) is 1. The maximum absolute atomic E-state index is 12.9. The Morgan fingerprint density at radius 3 is 2.68 bits per heavy atom. The number of hydrogen-bond acceptors (Lipinski definition) is 4. The molecule has 2 N–H and O–H groups in total. The van der Waals surface area contributed by atoms with Crippen LogP contribution in [0, 0.1) is 5.82 Å². The lowest BCUT2D eigenvalue weighted by molar-refractivity contribution is -0.132. The quantitative estimate of drug-likeness (QED) is 0.715. The van der Waals surface area contributed by atoms with E-state index in [0.29, 0.717) is 23.7 Å². The van der Waals surface area contributed by atoms with Crippen molar-refractivity contribution in [2.45, 2.75) is 12.3 Å². The van der Waals surface area contributed by atoms with Crippen LogP contribution in [0.15, 0.2) is 48.5 Å². The third-order valence-electron chi connectivity index (χ3n) is 4.98. The topological polar surface area (TPSA) is 72.6 Å². The van der Waals surface area contributed by atoms with Crippen LogP contribution >= 0.6 is 11.3 Å². The molecule has 28 heavy (non-hydrogen) atoms. The van der Waals surface area contributed by atoms with Crippen LogP contribution in [0.2, 0.25) is 0 Å². The number of likely N-dealkylation sites (tertiary alicyclic amines) is 1. The van der Waals surface area contributed by atoms with E-state index >= 15 is 0 Å². The zero-order valence-corrected chi connectivity index (χ0v) is 15.9. The molecular formula is C21H19FN2O3S. The largest absolute Gasteiger partial charge is 0.484 e. The van der Waals surface area contributed by atoms with Crippen molar-refractivity contribution in [3.05, 3.63) is 64.8 Å². The molecule has 1 aliphatic rings. The van der Waals surface area contributed by atoms with Gasteiger partial charge in [-0.2, -0.15) is 0 Å². The maximum Gasteiger partial charge on any atom is 0.260 e. The van der Waals surface area contributed by atoms with Crippen molar-refractivity contribution < 1.29 is 18.7 Å². The molecule has 0 unspecified atom stereocenters. The Labute approximate surface area is 165 Å². The maximum atomic E-state index is 12.9. The van der Waals surface area contributed by atoms with Gasteiger partial charge in [0.15, 0.2) is 6.61 Å². The molecule has 1 fully saturated rings. The van der Waals surface area contributed by atoms with Gasteiger partial charge < -0.3 is 15.4 Å². The van der Waals surface area contributed by atoms with E-state index in [-0.39, 0.29) is 24.2 Å². The number of fused-ring (bicyclic) bond motifs is 1. The molecule has 0 spiro atoms. The summed E-state index contributed by atoms with van der Waals surface area (Å²) in [6, 6.07) is 13.4. The van der Waals surface area contributed by atoms with Crippen LogP contribution in [0.5, 0.6) is 5.75 Å². The highest BCUT2D eigenvalue weighted by Crippen LogP contribution is 2.39. The van der Waals surface area contributed by atoms with Gasteiger partial charge in [-0.15, -0.1) is 11.3 Å². The van der Waals surface area contributed by atoms with Crippen molar-refractivity contribution in [2.24, 2.45) is 5.73 Å². The number of rotatable bonds is 5. The van der Waals surface area contributed by atoms with Gasteiger partial charge in [0.2, 0.25) is 0 Å². The molecule has 3 aromatic rings. The zero-order chi connectivity index (χ0) is 19.7. The summed E-state index contributed by atoms with van der Waals surface area (Å²) in [4.78, 5) is 26.8. The Kier molecular flexibility index (Phi) is 5.00. The fraction of sp³-hybridized carbons (Fsp3) is 0.238. The number of carbonyl (C=O) groups excluding carboxylic acids is 2. The molecule has 4 rings (SSSR count). The minimum Gasteiger partial charge on any atom is -0.484 e. The second-order valence-corrected chi connectivity index (χ2v) is 7.83. The van der Waals surface area contributed by atoms with E-state index in [0.717, 1.165) is 22.1 Å². The molecule has 7 heteroatoms. The first kappa shape index (κ1) is 18.4. The van der Waals surface area contributed by atoms with Crippen molar-refractivity contribution in [3.8, 4) is 5.75 Å². The highest BCUT2D eigenvalue weighted by atomic mass is 32.1. The summed E-state index contributed by atoms with van der Waals surface area (Å²) in [6.45, 7) is 1.01. The molecule has 2 amide bonds. The van der Waals surface area contributed by atoms with Gasteiger partial charge in [0.05, 0.1) is 4.88 Å². The van der Waals surface area contributed by atoms with E-state index in [9.17, 15) is 14.0 Å². The predicted molar refractivity (Wildman–Crippen MR) is 106 cm³/mol. The molecular weight excluding hydrogens is 379 g/mol. The monoisotopic (exact) mass is 398 g/mol. The van der Waals surface area contributed by atoms with Crippen LogP contribution in [0.3, 0.4) is 0 Å². The van der Waals surface area contributed by atoms with Gasteiger partial charge >= 0.3 is 0 Å². The molecule has 0 bridgehead atoms. The number of nitrogens with two attached hydrogens (primary N) is 1. The average Bonchev–Trinajstić information content (AvgIpc) is 3.32. The fourth-order valence-corrected chi connectivity index (χ4v) is 4.78. The standard InChI is InChI=1S/C21H19FN2O3S/c22-14-5-7-15(8-6-14)27-12-18(25)24-10-9-13(11-24)19-16-3-1-2-4-17(16)28-20(19)21(23)26/h1-8,13H,9-12H2,(H2,23,26)/t13-/m0/s1. The first-order chi connectivity index (χ1) is 13.5. The highest BCUT2D eigenvalue weighted by Gasteiger charge is 2.32. The highest BCUT2D eigenvalue weighted by molar-refractivity contribution is 7.21. The third kappa shape index (κ3) is 3.57. The first-order valence-corrected chi connectivity index (χ1v) is 9.82. The molecule has 0 saturated carbocycles. The third-order valence-corrected chi connectivity index (χ3v) is 6.18. The number of carbonyl (C=O) groups is 2. The first-order valence-electron chi connectivity index (χ1n) is 9.00. The van der Waals surface area contributed by atoms with Crippen molar-refractivity contribution in [3.63, 3.8) is 0 Å². The lowest BCUT2D eigenvalue weighted by Crippen LogP contribution is -2.33. The Balaban J connectivity index is 1.47. The number of hydrogen-bond donors (Lipinski definition) is 1. The van der Waals surface area contributed by atoms with Gasteiger partial charge in [-0.25, -0.2) is 4.39 Å². The Bertz CT molecular complexity index is 1030. The zero-order valence-electron chi connectivity index (χ0n) is 15.1. The second-order valence-electron chi connectivity index (χ2n) is 6.77. The molecule has 2 heterocycles. The van der Waals surface area contributed by atoms with Crippen LogP contribution in [-0.4, -0.2) is 36.4 Å². The van der Waals surface area contributed by atoms with Crippen LogP contribution in [0.1, 0.15) is 27.6 Å². The summed E-state index contributed by atoms with van der Waals surface area (Å²) < 4.78 is 19.4. The van der Waals surface area contributed by atoms with Crippen LogP contribution in [-0.2, 0) is 4.79 Å². The van der Waals surface area contributed by atoms with Gasteiger partial charge in [-0.1, -0.05) is 18.2 Å². The number of primary amides is 1. The van der Waals surface area contributed by atoms with E-state index in [2.05, 4.69) is 0 Å². The Hall–Kier alpha value is -2.93. The van der Waals surface area contributed by atoms with E-state index in [4.69, 9.17) is 10.5 Å². The normalized spacial score (nSPS) is 16.5. The van der Waals surface area contributed by atoms with Crippen LogP contribution in [0.25, 0.3) is 10.1 Å². The van der Waals surface area contributed by atoms with Crippen molar-refractivity contribution in [1.29, 1.82) is 0 Å². The van der Waals surface area contributed by atoms with Gasteiger partial charge in [-0.05, 0) is 47.7 Å². The number of amides is 2. The van der Waals surface area contributed by atoms with Gasteiger partial charge in [0, 0.05) is 23.7 Å². The fourth-order valence-electron chi connectivity index (χ4n) is 3.64. The lowest BCUT2D eigenvalue weighted by atomic mass is 9.95. The van der Waals surface area contributed by atoms with E-state index in [1.54, 1.807) is 4.90 Å². The summed E-state index contributed by atoms with van der Waals surface area (Å²) in [5.41, 5.74) is 6.55. The minimum atomic E-state index is -0.430. The van der Waals surface area contributed by atoms with E-state index < -0.39 is 5.91 Å². The smallest absolute Gasteiger partial charge is 0.260 e. The summed E-state index contributed by atoms with van der Waals surface area (Å²) in [5, 5.41) is 1.03. The second kappa shape index (κ2) is 7.59. The molecule has 1 atom stereocenters. The lowest BCUT2D eigenvalue weighted by Gasteiger charge is -2.17. The van der Waals surface area contributed by atoms with Crippen LogP contribution < -0.4 is 10.5 Å². The van der Waals surface area contributed by atoms with Crippen molar-refractivity contribution in [2.75, 3.05) is 19.7 Å². The van der Waals surface area contributed by atoms with E-state index in [1.807, 2.05) is 24.3 Å². The molecule has 0 radical (unpaired) electrons. The molecule has 1 saturated heterocycles. The van der Waals surface area contributed by atoms with Gasteiger partial charge in [-0.3, -0.25) is 9.59 Å². The number of ether oxygens (including phenoxy) is 1. The Morgan fingerprint density at radius 1 is 1.18 bits per heavy atom. The molecule has 1 aromatic heterocycles. The SMILES string of the molecule is NC(=O)c1sc2ccccc2c1[C@H]1CCN(C(=O)COc2ccc(F)cc2)C1. The van der Waals surface area contributed by atoms with E-state index in [1.165, 1.54) is 35.6 Å². The number of halogens is 1. The average molecular weight is 398 g/mol. The summed E-state index contributed by atoms with van der Waals surface area (Å²) >= 11 is 1.40. The summed E-state index contributed by atoms with van der Waals surface area (Å²) in [7, 11) is 0. The molecule has 5 nitrogen and oxygen atoms in total. The molecule has 0 aliphatic carbocycles. The number of benzene rings is 2. The van der Waals surface area contributed by atoms with Gasteiger partial charge in [0.1, 0.15) is 11.6 Å². The molecule has 144 valence electrons. The van der Waals surface area contributed by atoms with Gasteiger partial charge in [0.25, 0.3) is 11.8 Å². The Morgan fingerprint density at radius 2 is 1.93 bits per heavy atom. The minimum absolute atomic E-state index is 0.0634.